The van der Waals surface area contributed by atoms with Crippen molar-refractivity contribution in [3.8, 4) is 92.6 Å². The van der Waals surface area contributed by atoms with Gasteiger partial charge in [0.15, 0.2) is 11.6 Å². The lowest BCUT2D eigenvalue weighted by Crippen LogP contribution is -2.21. The van der Waals surface area contributed by atoms with Crippen LogP contribution in [0.4, 0.5) is 0 Å². The number of ketones is 2. The summed E-state index contributed by atoms with van der Waals surface area (Å²) in [5, 5.41) is 3.26. The van der Waals surface area contributed by atoms with Gasteiger partial charge >= 0.3 is 0 Å². The van der Waals surface area contributed by atoms with Gasteiger partial charge in [0, 0.05) is 77.9 Å². The summed E-state index contributed by atoms with van der Waals surface area (Å²) in [4.78, 5) is 30.3. The molecule has 94 heavy (non-hydrogen) atoms. The largest absolute Gasteiger partial charge is 0.497 e. The molecule has 6 heteroatoms. The van der Waals surface area contributed by atoms with Gasteiger partial charge in [-0.2, -0.15) is 0 Å². The molecule has 0 unspecified atom stereocenters. The average molecular weight is 1240 g/mol. The number of carbonyl (C=O) groups is 2. The third-order valence-electron chi connectivity index (χ3n) is 17.8. The van der Waals surface area contributed by atoms with Gasteiger partial charge in [-0.05, 0) is 264 Å². The van der Waals surface area contributed by atoms with Crippen LogP contribution in [0.25, 0.3) is 43.8 Å². The first kappa shape index (κ1) is 66.4. The molecule has 0 amide bonds. The predicted molar refractivity (Wildman–Crippen MR) is 388 cm³/mol. The molecule has 1 aliphatic carbocycles. The molecule has 0 atom stereocenters. The highest BCUT2D eigenvalue weighted by atomic mass is 16.5. The molecule has 0 N–H and O–H groups in total. The van der Waals surface area contributed by atoms with E-state index in [0.29, 0.717) is 22.3 Å². The molecule has 0 bridgehead atoms. The molecule has 0 fully saturated rings. The first-order valence-electron chi connectivity index (χ1n) is 32.1. The van der Waals surface area contributed by atoms with Crippen LogP contribution in [0.2, 0.25) is 0 Å². The van der Waals surface area contributed by atoms with E-state index < -0.39 is 0 Å². The van der Waals surface area contributed by atoms with E-state index in [4.69, 9.17) is 18.9 Å². The van der Waals surface area contributed by atoms with Crippen LogP contribution in [0.1, 0.15) is 187 Å². The summed E-state index contributed by atoms with van der Waals surface area (Å²) in [7, 11) is 6.71. The van der Waals surface area contributed by atoms with E-state index in [1.807, 2.05) is 98.8 Å². The zero-order valence-corrected chi connectivity index (χ0v) is 58.2. The zero-order valence-electron chi connectivity index (χ0n) is 58.2. The Bertz CT molecular complexity index is 4470. The smallest absolute Gasteiger partial charge is 0.194 e. The van der Waals surface area contributed by atoms with Crippen LogP contribution in [0.15, 0.2) is 133 Å². The van der Waals surface area contributed by atoms with E-state index in [1.165, 1.54) is 0 Å². The van der Waals surface area contributed by atoms with Crippen molar-refractivity contribution in [1.29, 1.82) is 0 Å². The van der Waals surface area contributed by atoms with Crippen LogP contribution in [-0.2, 0) is 10.8 Å². The molecule has 0 radical (unpaired) electrons. The Morgan fingerprint density at radius 1 is 0.287 bits per heavy atom. The molecule has 0 heterocycles. The first-order valence-corrected chi connectivity index (χ1v) is 32.1. The Kier molecular flexibility index (Phi) is 18.8. The monoisotopic (exact) mass is 1230 g/mol. The Balaban J connectivity index is 0.00000478. The van der Waals surface area contributed by atoms with Crippen molar-refractivity contribution in [3.05, 3.63) is 256 Å². The number of benzene rings is 10. The normalized spacial score (nSPS) is 11.5. The zero-order chi connectivity index (χ0) is 67.8. The number of hydrogen-bond acceptors (Lipinski definition) is 6. The fourth-order valence-electron chi connectivity index (χ4n) is 12.6. The lowest BCUT2D eigenvalue weighted by molar-refractivity contribution is 0.0979. The fourth-order valence-corrected chi connectivity index (χ4v) is 12.6. The molecule has 11 rings (SSSR count). The molecule has 0 aromatic heterocycles. The van der Waals surface area contributed by atoms with Crippen LogP contribution in [-0.4, -0.2) is 40.0 Å². The van der Waals surface area contributed by atoms with E-state index in [0.717, 1.165) is 167 Å². The molecule has 470 valence electrons. The van der Waals surface area contributed by atoms with Crippen LogP contribution >= 0.6 is 0 Å². The van der Waals surface area contributed by atoms with Crippen molar-refractivity contribution in [2.24, 2.45) is 0 Å². The van der Waals surface area contributed by atoms with E-state index in [2.05, 4.69) is 193 Å². The number of ether oxygens (including phenoxy) is 4. The number of rotatable bonds is 6. The van der Waals surface area contributed by atoms with Gasteiger partial charge in [0.25, 0.3) is 0 Å². The number of hydrogen-bond donors (Lipinski definition) is 0. The van der Waals surface area contributed by atoms with Gasteiger partial charge < -0.3 is 18.9 Å². The SMILES string of the molecule is CC.COc1cc(C)c(C#Cc2cc(C(C)(C)C)cc(C#Cc3c(C)cc(OC)cc3C)c2-c2ccc3cc4c(cc3c2)C(=O)c2cc3cc(-c5c(C#Cc6c(C)cc(OC)cc6C)cc(C(C)(C)C)cc5C#Cc5c(C)cc(OC)cc5C)ccc3cc2C4=O)c(C)c1. The summed E-state index contributed by atoms with van der Waals surface area (Å²) in [5.74, 6) is 31.6. The summed E-state index contributed by atoms with van der Waals surface area (Å²) >= 11 is 0. The van der Waals surface area contributed by atoms with Gasteiger partial charge in [0.1, 0.15) is 23.0 Å². The molecule has 1 aliphatic rings. The minimum atomic E-state index is -0.247. The average Bonchev–Trinajstić information content (AvgIpc) is 0.736. The van der Waals surface area contributed by atoms with Crippen molar-refractivity contribution in [3.63, 3.8) is 0 Å². The highest BCUT2D eigenvalue weighted by Crippen LogP contribution is 2.41. The number of carbonyl (C=O) groups excluding carboxylic acids is 2. The highest BCUT2D eigenvalue weighted by Gasteiger charge is 2.32. The number of methoxy groups -OCH3 is 4. The second-order valence-corrected chi connectivity index (χ2v) is 26.5. The van der Waals surface area contributed by atoms with Crippen molar-refractivity contribution in [2.45, 2.75) is 122 Å². The second kappa shape index (κ2) is 26.6. The van der Waals surface area contributed by atoms with Crippen molar-refractivity contribution in [1.82, 2.24) is 0 Å². The second-order valence-electron chi connectivity index (χ2n) is 26.5. The first-order chi connectivity index (χ1) is 44.7. The molecule has 6 nitrogen and oxygen atoms in total. The lowest BCUT2D eigenvalue weighted by atomic mass is 9.80. The van der Waals surface area contributed by atoms with Crippen molar-refractivity contribution >= 4 is 33.1 Å². The van der Waals surface area contributed by atoms with Crippen LogP contribution in [0, 0.1) is 103 Å². The molecule has 10 aromatic rings. The van der Waals surface area contributed by atoms with E-state index in [-0.39, 0.29) is 22.4 Å². The van der Waals surface area contributed by atoms with Gasteiger partial charge in [0.05, 0.1) is 28.4 Å². The Hall–Kier alpha value is -10.5. The maximum absolute atomic E-state index is 15.3. The third-order valence-corrected chi connectivity index (χ3v) is 17.8. The van der Waals surface area contributed by atoms with Gasteiger partial charge in [-0.1, -0.05) is 127 Å². The summed E-state index contributed by atoms with van der Waals surface area (Å²) in [6, 6.07) is 44.8. The minimum Gasteiger partial charge on any atom is -0.497 e. The van der Waals surface area contributed by atoms with Gasteiger partial charge in [-0.3, -0.25) is 9.59 Å². The number of fused-ring (bicyclic) bond motifs is 4. The number of aryl methyl sites for hydroxylation is 8. The van der Waals surface area contributed by atoms with E-state index >= 15 is 4.79 Å². The summed E-state index contributed by atoms with van der Waals surface area (Å²) in [5.41, 5.74) is 21.7. The Morgan fingerprint density at radius 2 is 0.511 bits per heavy atom. The Morgan fingerprint density at radius 3 is 0.723 bits per heavy atom. The van der Waals surface area contributed by atoms with E-state index in [1.54, 1.807) is 28.4 Å². The molecule has 0 saturated heterocycles. The molecular formula is C88H82O6. The lowest BCUT2D eigenvalue weighted by Gasteiger charge is -2.22. The van der Waals surface area contributed by atoms with Crippen molar-refractivity contribution in [2.75, 3.05) is 28.4 Å². The summed E-state index contributed by atoms with van der Waals surface area (Å²) < 4.78 is 22.5. The van der Waals surface area contributed by atoms with Crippen LogP contribution < -0.4 is 18.9 Å². The highest BCUT2D eigenvalue weighted by molar-refractivity contribution is 6.30. The minimum absolute atomic E-state index is 0.200. The van der Waals surface area contributed by atoms with Gasteiger partial charge in [0.2, 0.25) is 0 Å². The van der Waals surface area contributed by atoms with Crippen LogP contribution in [0.3, 0.4) is 0 Å². The van der Waals surface area contributed by atoms with Crippen molar-refractivity contribution < 1.29 is 28.5 Å². The Labute approximate surface area is 557 Å². The maximum atomic E-state index is 15.3. The quantitative estimate of drug-likeness (QED) is 0.155. The summed E-state index contributed by atoms with van der Waals surface area (Å²) in [6.07, 6.45) is 0. The van der Waals surface area contributed by atoms with Gasteiger partial charge in [-0.25, -0.2) is 0 Å². The fraction of sp³-hybridized carbons (Fsp3) is 0.250. The molecule has 10 aromatic carbocycles. The molecule has 0 saturated carbocycles. The third kappa shape index (κ3) is 13.3. The standard InChI is InChI=1S/C86H76O6.C2H6/c1-49-31-69(89-15)32-50(2)73(49)27-23-61-41-67(85(9,10)11)42-62(24-28-74-51(3)33-70(90-16)34-52(74)4)81(61)59-21-19-57-45-77-79(47-65(57)39-59)84(88)80-48-66-40-60(22-20-58(66)46-78(80)83(77)87)82-63(25-29-75-53(5)35-71(91-17)36-54(75)6)43-68(86(12,13)14)44-64(82)26-30-76-55(7)37-72(92-18)38-56(76)8;1-2/h19-22,31-48H,1-18H3;1-2H3. The van der Waals surface area contributed by atoms with E-state index in [9.17, 15) is 4.79 Å². The topological polar surface area (TPSA) is 71.1 Å². The van der Waals surface area contributed by atoms with Crippen LogP contribution in [0.5, 0.6) is 23.0 Å². The maximum Gasteiger partial charge on any atom is 0.194 e. The molecule has 0 spiro atoms. The van der Waals surface area contributed by atoms with Gasteiger partial charge in [-0.15, -0.1) is 0 Å². The predicted octanol–water partition coefficient (Wildman–Crippen LogP) is 19.8. The summed E-state index contributed by atoms with van der Waals surface area (Å²) in [6.45, 7) is 33.7. The molecule has 0 aliphatic heterocycles. The molecular weight excluding hydrogens is 1150 g/mol.